The number of alkyl halides is 3. The Hall–Kier alpha value is -4.36. The van der Waals surface area contributed by atoms with Gasteiger partial charge in [-0.2, -0.15) is 18.3 Å². The molecule has 14 heteroatoms. The highest BCUT2D eigenvalue weighted by atomic mass is 19.4. The molecule has 3 heterocycles. The van der Waals surface area contributed by atoms with E-state index in [0.29, 0.717) is 0 Å². The minimum Gasteiger partial charge on any atom is -0.493 e. The first-order chi connectivity index (χ1) is 16.5. The Balaban J connectivity index is 1.53. The number of methoxy groups -OCH3 is 1. The van der Waals surface area contributed by atoms with Crippen LogP contribution >= 0.6 is 0 Å². The van der Waals surface area contributed by atoms with E-state index in [1.54, 1.807) is 0 Å². The number of rotatable bonds is 6. The van der Waals surface area contributed by atoms with Crippen molar-refractivity contribution in [3.05, 3.63) is 68.9 Å². The van der Waals surface area contributed by atoms with Gasteiger partial charge >= 0.3 is 17.8 Å². The number of hydrogen-bond donors (Lipinski definition) is 0. The van der Waals surface area contributed by atoms with Crippen LogP contribution in [0.2, 0.25) is 0 Å². The molecule has 0 atom stereocenters. The molecule has 0 saturated heterocycles. The summed E-state index contributed by atoms with van der Waals surface area (Å²) in [5.41, 5.74) is -1.76. The molecule has 1 aromatic carbocycles. The number of aromatic nitrogens is 6. The van der Waals surface area contributed by atoms with E-state index in [0.717, 1.165) is 21.4 Å². The van der Waals surface area contributed by atoms with E-state index in [2.05, 4.69) is 10.1 Å². The van der Waals surface area contributed by atoms with Crippen LogP contribution in [0.3, 0.4) is 0 Å². The quantitative estimate of drug-likeness (QED) is 0.375. The van der Waals surface area contributed by atoms with Gasteiger partial charge in [-0.3, -0.25) is 13.9 Å². The molecule has 0 spiro atoms. The number of ether oxygens (including phenoxy) is 2. The Kier molecular flexibility index (Phi) is 5.96. The lowest BCUT2D eigenvalue weighted by Gasteiger charge is -2.08. The summed E-state index contributed by atoms with van der Waals surface area (Å²) in [4.78, 5) is 41.2. The number of benzene rings is 1. The number of esters is 1. The van der Waals surface area contributed by atoms with Gasteiger partial charge in [0.2, 0.25) is 5.69 Å². The lowest BCUT2D eigenvalue weighted by molar-refractivity contribution is -0.137. The summed E-state index contributed by atoms with van der Waals surface area (Å²) in [6.45, 7) is -0.137. The van der Waals surface area contributed by atoms with Crippen LogP contribution in [0.1, 0.15) is 16.1 Å². The molecule has 184 valence electrons. The van der Waals surface area contributed by atoms with Crippen molar-refractivity contribution < 1.29 is 27.4 Å². The second-order valence-electron chi connectivity index (χ2n) is 7.49. The fourth-order valence-electron chi connectivity index (χ4n) is 3.48. The third-order valence-corrected chi connectivity index (χ3v) is 5.31. The highest BCUT2D eigenvalue weighted by molar-refractivity contribution is 5.90. The van der Waals surface area contributed by atoms with Crippen LogP contribution in [0.4, 0.5) is 13.2 Å². The zero-order chi connectivity index (χ0) is 25.5. The topological polar surface area (TPSA) is 115 Å². The Morgan fingerprint density at radius 2 is 1.89 bits per heavy atom. The van der Waals surface area contributed by atoms with Gasteiger partial charge < -0.3 is 14.0 Å². The highest BCUT2D eigenvalue weighted by Gasteiger charge is 2.31. The summed E-state index contributed by atoms with van der Waals surface area (Å²) in [6.07, 6.45) is -1.93. The predicted molar refractivity (Wildman–Crippen MR) is 116 cm³/mol. The van der Waals surface area contributed by atoms with Gasteiger partial charge in [-0.25, -0.2) is 19.3 Å². The normalized spacial score (nSPS) is 11.7. The zero-order valence-electron chi connectivity index (χ0n) is 18.7. The van der Waals surface area contributed by atoms with Gasteiger partial charge in [0.05, 0.1) is 37.4 Å². The number of halogens is 3. The van der Waals surface area contributed by atoms with E-state index in [4.69, 9.17) is 9.47 Å². The number of fused-ring (bicyclic) bond motifs is 1. The second-order valence-corrected chi connectivity index (χ2v) is 7.49. The number of hydrogen-bond acceptors (Lipinski definition) is 7. The molecule has 0 fully saturated rings. The van der Waals surface area contributed by atoms with Crippen LogP contribution in [0.25, 0.3) is 16.9 Å². The van der Waals surface area contributed by atoms with E-state index < -0.39 is 29.0 Å². The van der Waals surface area contributed by atoms with Crippen LogP contribution < -0.4 is 16.0 Å². The van der Waals surface area contributed by atoms with Gasteiger partial charge in [-0.15, -0.1) is 0 Å². The van der Waals surface area contributed by atoms with E-state index in [1.165, 1.54) is 55.0 Å². The standard InChI is InChI=1S/C21H19F3N6O5/c1-27-17-16(18(31)28(2)20(27)33)29(11-25-17)7-8-35-19(32)15-14(34-3)10-30(26-15)13-6-4-5-12(9-13)21(22,23)24/h4-6,9-11H,7-8H2,1-3H3. The first-order valence-electron chi connectivity index (χ1n) is 10.1. The van der Waals surface area contributed by atoms with Gasteiger partial charge in [0.15, 0.2) is 16.9 Å². The van der Waals surface area contributed by atoms with Crippen LogP contribution in [0, 0.1) is 0 Å². The molecular formula is C21H19F3N6O5. The maximum atomic E-state index is 13.0. The third-order valence-electron chi connectivity index (χ3n) is 5.31. The summed E-state index contributed by atoms with van der Waals surface area (Å²) in [7, 11) is 4.10. The van der Waals surface area contributed by atoms with Crippen LogP contribution in [0.15, 0.2) is 46.4 Å². The molecule has 0 aliphatic carbocycles. The molecule has 0 saturated carbocycles. The fraction of sp³-hybridized carbons (Fsp3) is 0.286. The number of carbonyl (C=O) groups excluding carboxylic acids is 1. The predicted octanol–water partition coefficient (Wildman–Crippen LogP) is 1.50. The van der Waals surface area contributed by atoms with Crippen LogP contribution in [0.5, 0.6) is 5.75 Å². The van der Waals surface area contributed by atoms with Crippen molar-refractivity contribution in [1.29, 1.82) is 0 Å². The number of nitrogens with zero attached hydrogens (tertiary/aromatic N) is 6. The minimum atomic E-state index is -4.54. The largest absolute Gasteiger partial charge is 0.493 e. The van der Waals surface area contributed by atoms with E-state index in [9.17, 15) is 27.6 Å². The molecule has 0 aliphatic heterocycles. The van der Waals surface area contributed by atoms with Crippen LogP contribution in [-0.4, -0.2) is 48.2 Å². The number of imidazole rings is 1. The van der Waals surface area contributed by atoms with Crippen LogP contribution in [-0.2, 0) is 31.6 Å². The molecular weight excluding hydrogens is 473 g/mol. The summed E-state index contributed by atoms with van der Waals surface area (Å²) >= 11 is 0. The van der Waals surface area contributed by atoms with Crippen molar-refractivity contribution in [2.45, 2.75) is 12.7 Å². The second kappa shape index (κ2) is 8.77. The van der Waals surface area contributed by atoms with Gasteiger partial charge in [0.25, 0.3) is 5.56 Å². The molecule has 0 aliphatic rings. The Labute approximate surface area is 194 Å². The third kappa shape index (κ3) is 4.29. The molecule has 0 N–H and O–H groups in total. The minimum absolute atomic E-state index is 0.00404. The van der Waals surface area contributed by atoms with Gasteiger partial charge in [0, 0.05) is 14.1 Å². The zero-order valence-corrected chi connectivity index (χ0v) is 18.7. The lowest BCUT2D eigenvalue weighted by atomic mass is 10.2. The first-order valence-corrected chi connectivity index (χ1v) is 10.1. The summed E-state index contributed by atoms with van der Waals surface area (Å²) in [5.74, 6) is -0.873. The summed E-state index contributed by atoms with van der Waals surface area (Å²) in [5, 5.41) is 4.03. The maximum absolute atomic E-state index is 13.0. The molecule has 11 nitrogen and oxygen atoms in total. The van der Waals surface area contributed by atoms with Crippen molar-refractivity contribution in [3.63, 3.8) is 0 Å². The van der Waals surface area contributed by atoms with Gasteiger partial charge in [-0.1, -0.05) is 6.07 Å². The smallest absolute Gasteiger partial charge is 0.416 e. The van der Waals surface area contributed by atoms with E-state index >= 15 is 0 Å². The molecule has 0 radical (unpaired) electrons. The molecule has 3 aromatic heterocycles. The molecule has 0 bridgehead atoms. The summed E-state index contributed by atoms with van der Waals surface area (Å²) in [6, 6.07) is 4.43. The Morgan fingerprint density at radius 3 is 2.57 bits per heavy atom. The number of carbonyl (C=O) groups is 1. The number of aryl methyl sites for hydroxylation is 1. The van der Waals surface area contributed by atoms with Gasteiger partial charge in [-0.05, 0) is 18.2 Å². The van der Waals surface area contributed by atoms with Crippen molar-refractivity contribution in [3.8, 4) is 11.4 Å². The highest BCUT2D eigenvalue weighted by Crippen LogP contribution is 2.30. The molecule has 0 unspecified atom stereocenters. The van der Waals surface area contributed by atoms with Crippen molar-refractivity contribution in [2.75, 3.05) is 13.7 Å². The average Bonchev–Trinajstić information content (AvgIpc) is 3.45. The van der Waals surface area contributed by atoms with Crippen molar-refractivity contribution >= 4 is 17.1 Å². The molecule has 0 amide bonds. The van der Waals surface area contributed by atoms with E-state index in [-0.39, 0.29) is 41.4 Å². The Bertz CT molecular complexity index is 1550. The first kappa shape index (κ1) is 23.8. The molecule has 35 heavy (non-hydrogen) atoms. The van der Waals surface area contributed by atoms with Crippen molar-refractivity contribution in [2.24, 2.45) is 14.1 Å². The average molecular weight is 492 g/mol. The van der Waals surface area contributed by atoms with Gasteiger partial charge in [0.1, 0.15) is 6.61 Å². The van der Waals surface area contributed by atoms with Crippen molar-refractivity contribution in [1.82, 2.24) is 28.5 Å². The van der Waals surface area contributed by atoms with E-state index in [1.807, 2.05) is 0 Å². The Morgan fingerprint density at radius 1 is 1.14 bits per heavy atom. The molecule has 4 rings (SSSR count). The fourth-order valence-corrected chi connectivity index (χ4v) is 3.48. The maximum Gasteiger partial charge on any atom is 0.416 e. The lowest BCUT2D eigenvalue weighted by Crippen LogP contribution is -2.37. The monoisotopic (exact) mass is 492 g/mol. The summed E-state index contributed by atoms with van der Waals surface area (Å²) < 4.78 is 54.2. The SMILES string of the molecule is COc1cn(-c2cccc(C(F)(F)F)c2)nc1C(=O)OCCn1cnc2c1c(=O)n(C)c(=O)n2C. The molecule has 4 aromatic rings.